The molecule has 0 amide bonds. The number of phosphoric ester groups is 2. The average Bonchev–Trinajstić information content (AvgIpc) is 0.913. The van der Waals surface area contributed by atoms with Crippen LogP contribution in [0.4, 0.5) is 0 Å². The largest absolute Gasteiger partial charge is 0.472 e. The lowest BCUT2D eigenvalue weighted by Crippen LogP contribution is -2.30. The predicted octanol–water partition coefficient (Wildman–Crippen LogP) is 25.6. The van der Waals surface area contributed by atoms with Crippen molar-refractivity contribution in [3.63, 3.8) is 0 Å². The van der Waals surface area contributed by atoms with E-state index in [0.29, 0.717) is 25.7 Å². The van der Waals surface area contributed by atoms with Gasteiger partial charge in [-0.15, -0.1) is 0 Å². The molecule has 0 saturated carbocycles. The molecule has 2 unspecified atom stereocenters. The van der Waals surface area contributed by atoms with Crippen LogP contribution in [0.3, 0.4) is 0 Å². The van der Waals surface area contributed by atoms with Crippen LogP contribution in [0, 0.1) is 5.92 Å². The van der Waals surface area contributed by atoms with Crippen molar-refractivity contribution in [2.45, 2.75) is 470 Å². The number of rotatable bonds is 84. The van der Waals surface area contributed by atoms with Gasteiger partial charge in [-0.05, 0) is 31.6 Å². The number of carbonyl (C=O) groups excluding carboxylic acids is 4. The van der Waals surface area contributed by atoms with E-state index < -0.39 is 97.5 Å². The number of esters is 4. The zero-order chi connectivity index (χ0) is 75.5. The first-order valence-electron chi connectivity index (χ1n) is 43.6. The average molecular weight is 1510 g/mol. The molecular formula is C84H164O17P2. The van der Waals surface area contributed by atoms with Gasteiger partial charge in [-0.3, -0.25) is 37.3 Å². The topological polar surface area (TPSA) is 237 Å². The van der Waals surface area contributed by atoms with Crippen LogP contribution in [0.25, 0.3) is 0 Å². The van der Waals surface area contributed by atoms with Crippen molar-refractivity contribution in [3.05, 3.63) is 0 Å². The van der Waals surface area contributed by atoms with Crippen LogP contribution < -0.4 is 0 Å². The second-order valence-corrected chi connectivity index (χ2v) is 33.6. The molecule has 0 fully saturated rings. The van der Waals surface area contributed by atoms with Gasteiger partial charge in [-0.25, -0.2) is 9.13 Å². The van der Waals surface area contributed by atoms with E-state index >= 15 is 0 Å². The fourth-order valence-electron chi connectivity index (χ4n) is 13.1. The van der Waals surface area contributed by atoms with E-state index in [9.17, 15) is 43.2 Å². The fraction of sp³-hybridized carbons (Fsp3) is 0.952. The SMILES string of the molecule is CCCCCCCCCCCCCCCCCCCCCCCCC(=O)O[C@H](COC(=O)CCCCCCCCCCCCCCCCCCCCCCC)COP(=O)(O)OC[C@@H](O)COP(=O)(O)OC[C@@H](COC(=O)CCCCCCCCCC)OC(=O)CCCCCCCCCCCC(C)C. The first kappa shape index (κ1) is 101. The summed E-state index contributed by atoms with van der Waals surface area (Å²) in [7, 11) is -9.92. The number of unbranched alkanes of at least 4 members (excludes halogenated alkanes) is 56. The maximum atomic E-state index is 13.1. The molecule has 0 heterocycles. The highest BCUT2D eigenvalue weighted by molar-refractivity contribution is 7.47. The maximum Gasteiger partial charge on any atom is 0.472 e. The summed E-state index contributed by atoms with van der Waals surface area (Å²) in [5.74, 6) is -1.37. The molecule has 0 spiro atoms. The Bertz CT molecular complexity index is 1960. The molecule has 19 heteroatoms. The van der Waals surface area contributed by atoms with Crippen LogP contribution in [-0.2, 0) is 65.4 Å². The second kappa shape index (κ2) is 76.8. The molecule has 0 bridgehead atoms. The molecule has 0 aromatic rings. The Kier molecular flexibility index (Phi) is 75.4. The zero-order valence-electron chi connectivity index (χ0n) is 67.5. The monoisotopic (exact) mass is 1510 g/mol. The minimum Gasteiger partial charge on any atom is -0.462 e. The van der Waals surface area contributed by atoms with E-state index in [-0.39, 0.29) is 25.7 Å². The summed E-state index contributed by atoms with van der Waals surface area (Å²) in [6.45, 7) is 7.28. The van der Waals surface area contributed by atoms with Crippen molar-refractivity contribution in [2.75, 3.05) is 39.6 Å². The van der Waals surface area contributed by atoms with Crippen LogP contribution in [0.2, 0.25) is 0 Å². The van der Waals surface area contributed by atoms with Gasteiger partial charge < -0.3 is 33.8 Å². The third-order valence-corrected chi connectivity index (χ3v) is 21.7. The Morgan fingerprint density at radius 3 is 0.660 bits per heavy atom. The van der Waals surface area contributed by atoms with E-state index in [1.54, 1.807) is 0 Å². The van der Waals surface area contributed by atoms with Crippen LogP contribution >= 0.6 is 15.6 Å². The lowest BCUT2D eigenvalue weighted by Gasteiger charge is -2.21. The van der Waals surface area contributed by atoms with Gasteiger partial charge in [0.25, 0.3) is 0 Å². The standard InChI is InChI=1S/C84H164O17P2/c1-6-9-12-15-18-21-23-25-27-29-31-33-35-37-39-41-43-45-49-54-59-64-69-83(88)100-80(74-95-82(87)68-63-58-53-48-44-42-40-38-36-34-32-30-28-26-24-22-19-16-13-10-7-2)76-99-103(92,93)97-72-78(85)71-96-102(90,91)98-75-79(73-94-81(86)67-62-57-52-20-17-14-11-8-3)101-84(89)70-65-60-55-50-46-47-51-56-61-66-77(4)5/h77-80,85H,6-76H2,1-5H3,(H,90,91)(H,92,93)/t78-,79+,80+/m0/s1. The Hall–Kier alpha value is -1.94. The molecule has 0 aromatic heterocycles. The summed E-state index contributed by atoms with van der Waals surface area (Å²) in [5.41, 5.74) is 0. The third-order valence-electron chi connectivity index (χ3n) is 19.8. The Balaban J connectivity index is 5.15. The lowest BCUT2D eigenvalue weighted by molar-refractivity contribution is -0.161. The van der Waals surface area contributed by atoms with Crippen molar-refractivity contribution in [3.8, 4) is 0 Å². The van der Waals surface area contributed by atoms with Gasteiger partial charge in [0.15, 0.2) is 12.2 Å². The van der Waals surface area contributed by atoms with E-state index in [4.69, 9.17) is 37.0 Å². The van der Waals surface area contributed by atoms with Gasteiger partial charge in [0.1, 0.15) is 19.3 Å². The predicted molar refractivity (Wildman–Crippen MR) is 423 cm³/mol. The second-order valence-electron chi connectivity index (χ2n) is 30.7. The minimum absolute atomic E-state index is 0.106. The number of hydrogen-bond acceptors (Lipinski definition) is 15. The van der Waals surface area contributed by atoms with E-state index in [2.05, 4.69) is 34.6 Å². The van der Waals surface area contributed by atoms with Gasteiger partial charge in [0.2, 0.25) is 0 Å². The van der Waals surface area contributed by atoms with Gasteiger partial charge >= 0.3 is 39.5 Å². The molecule has 0 aromatic carbocycles. The molecule has 612 valence electrons. The molecule has 103 heavy (non-hydrogen) atoms. The number of aliphatic hydroxyl groups excluding tert-OH is 1. The van der Waals surface area contributed by atoms with Crippen molar-refractivity contribution in [1.29, 1.82) is 0 Å². The highest BCUT2D eigenvalue weighted by Gasteiger charge is 2.30. The van der Waals surface area contributed by atoms with Gasteiger partial charge in [0.05, 0.1) is 26.4 Å². The minimum atomic E-state index is -4.96. The summed E-state index contributed by atoms with van der Waals surface area (Å²) in [4.78, 5) is 73.0. The molecule has 5 atom stereocenters. The van der Waals surface area contributed by atoms with Crippen LogP contribution in [-0.4, -0.2) is 96.7 Å². The number of phosphoric acid groups is 2. The summed E-state index contributed by atoms with van der Waals surface area (Å²) in [5, 5.41) is 10.6. The van der Waals surface area contributed by atoms with Gasteiger partial charge in [-0.1, -0.05) is 401 Å². The van der Waals surface area contributed by atoms with Gasteiger partial charge in [0, 0.05) is 25.7 Å². The van der Waals surface area contributed by atoms with Crippen molar-refractivity contribution in [2.24, 2.45) is 5.92 Å². The smallest absolute Gasteiger partial charge is 0.462 e. The number of aliphatic hydroxyl groups is 1. The Morgan fingerprint density at radius 1 is 0.262 bits per heavy atom. The number of hydrogen-bond donors (Lipinski definition) is 3. The van der Waals surface area contributed by atoms with E-state index in [1.165, 1.54) is 270 Å². The summed E-state index contributed by atoms with van der Waals surface area (Å²) in [6.07, 6.45) is 69.8. The van der Waals surface area contributed by atoms with E-state index in [0.717, 1.165) is 102 Å². The molecular weight excluding hydrogens is 1340 g/mol. The molecule has 0 aliphatic rings. The molecule has 17 nitrogen and oxygen atoms in total. The molecule has 0 aliphatic heterocycles. The van der Waals surface area contributed by atoms with Gasteiger partial charge in [-0.2, -0.15) is 0 Å². The molecule has 0 radical (unpaired) electrons. The highest BCUT2D eigenvalue weighted by Crippen LogP contribution is 2.45. The van der Waals surface area contributed by atoms with Crippen molar-refractivity contribution < 1.29 is 80.2 Å². The summed E-state index contributed by atoms with van der Waals surface area (Å²) in [6, 6.07) is 0. The van der Waals surface area contributed by atoms with Crippen LogP contribution in [0.5, 0.6) is 0 Å². The summed E-state index contributed by atoms with van der Waals surface area (Å²) >= 11 is 0. The number of carbonyl (C=O) groups is 4. The quantitative estimate of drug-likeness (QED) is 0.0222. The molecule has 0 saturated heterocycles. The Morgan fingerprint density at radius 2 is 0.447 bits per heavy atom. The van der Waals surface area contributed by atoms with Crippen molar-refractivity contribution in [1.82, 2.24) is 0 Å². The highest BCUT2D eigenvalue weighted by atomic mass is 31.2. The normalized spacial score (nSPS) is 13.8. The lowest BCUT2D eigenvalue weighted by atomic mass is 10.0. The first-order chi connectivity index (χ1) is 50.0. The van der Waals surface area contributed by atoms with Crippen LogP contribution in [0.15, 0.2) is 0 Å². The summed E-state index contributed by atoms with van der Waals surface area (Å²) < 4.78 is 68.7. The zero-order valence-corrected chi connectivity index (χ0v) is 69.3. The van der Waals surface area contributed by atoms with Crippen molar-refractivity contribution >= 4 is 39.5 Å². The first-order valence-corrected chi connectivity index (χ1v) is 46.6. The van der Waals surface area contributed by atoms with E-state index in [1.807, 2.05) is 0 Å². The molecule has 3 N–H and O–H groups in total. The molecule has 0 aliphatic carbocycles. The number of ether oxygens (including phenoxy) is 4. The molecule has 0 rings (SSSR count). The third kappa shape index (κ3) is 78.0. The fourth-order valence-corrected chi connectivity index (χ4v) is 14.7. The van der Waals surface area contributed by atoms with Crippen LogP contribution in [0.1, 0.15) is 452 Å². The maximum absolute atomic E-state index is 13.1. The Labute approximate surface area is 632 Å².